The summed E-state index contributed by atoms with van der Waals surface area (Å²) in [5.41, 5.74) is 4.47. The Kier molecular flexibility index (Phi) is 3.42. The molecule has 3 heteroatoms. The van der Waals surface area contributed by atoms with Crippen molar-refractivity contribution in [2.24, 2.45) is 0 Å². The number of aromatic nitrogens is 1. The van der Waals surface area contributed by atoms with Crippen LogP contribution in [0.1, 0.15) is 21.6 Å². The van der Waals surface area contributed by atoms with Crippen molar-refractivity contribution in [1.82, 2.24) is 4.98 Å². The maximum Gasteiger partial charge on any atom is 0.337 e. The number of hydrogen-bond donors (Lipinski definition) is 0. The molecule has 0 atom stereocenters. The van der Waals surface area contributed by atoms with Gasteiger partial charge < -0.3 is 4.74 Å². The van der Waals surface area contributed by atoms with E-state index in [2.05, 4.69) is 4.98 Å². The highest BCUT2D eigenvalue weighted by Gasteiger charge is 2.07. The molecule has 0 fully saturated rings. The van der Waals surface area contributed by atoms with Crippen molar-refractivity contribution in [3.8, 4) is 11.3 Å². The maximum absolute atomic E-state index is 11.5. The fourth-order valence-electron chi connectivity index (χ4n) is 1.71. The zero-order valence-electron chi connectivity index (χ0n) is 10.7. The SMILES string of the molecule is COC(=O)c1cccc(-c2ccc(C)c(C)n2)c1. The van der Waals surface area contributed by atoms with Crippen LogP contribution in [0.25, 0.3) is 11.3 Å². The Morgan fingerprint density at radius 2 is 1.94 bits per heavy atom. The molecular weight excluding hydrogens is 226 g/mol. The van der Waals surface area contributed by atoms with Crippen molar-refractivity contribution in [3.63, 3.8) is 0 Å². The molecule has 0 saturated heterocycles. The Bertz CT molecular complexity index is 591. The minimum atomic E-state index is -0.333. The van der Waals surface area contributed by atoms with Crippen LogP contribution in [-0.4, -0.2) is 18.1 Å². The lowest BCUT2D eigenvalue weighted by Crippen LogP contribution is -2.01. The minimum absolute atomic E-state index is 0.333. The Hall–Kier alpha value is -2.16. The summed E-state index contributed by atoms with van der Waals surface area (Å²) < 4.78 is 4.71. The zero-order valence-corrected chi connectivity index (χ0v) is 10.7. The van der Waals surface area contributed by atoms with Gasteiger partial charge >= 0.3 is 5.97 Å². The number of esters is 1. The van der Waals surface area contributed by atoms with E-state index < -0.39 is 0 Å². The predicted molar refractivity (Wildman–Crippen MR) is 70.5 cm³/mol. The normalized spacial score (nSPS) is 10.2. The number of carbonyl (C=O) groups excluding carboxylic acids is 1. The number of carbonyl (C=O) groups is 1. The molecule has 0 radical (unpaired) electrons. The van der Waals surface area contributed by atoms with Crippen LogP contribution in [0.15, 0.2) is 36.4 Å². The van der Waals surface area contributed by atoms with Crippen LogP contribution in [0.5, 0.6) is 0 Å². The first kappa shape index (κ1) is 12.3. The predicted octanol–water partition coefficient (Wildman–Crippen LogP) is 3.15. The number of aryl methyl sites for hydroxylation is 2. The van der Waals surface area contributed by atoms with Crippen LogP contribution < -0.4 is 0 Å². The van der Waals surface area contributed by atoms with Crippen LogP contribution in [0.3, 0.4) is 0 Å². The molecule has 0 N–H and O–H groups in total. The second-order valence-electron chi connectivity index (χ2n) is 4.17. The molecule has 3 nitrogen and oxygen atoms in total. The van der Waals surface area contributed by atoms with E-state index in [4.69, 9.17) is 4.74 Å². The summed E-state index contributed by atoms with van der Waals surface area (Å²) in [6.07, 6.45) is 0. The smallest absolute Gasteiger partial charge is 0.337 e. The van der Waals surface area contributed by atoms with E-state index >= 15 is 0 Å². The molecule has 2 aromatic rings. The van der Waals surface area contributed by atoms with Crippen LogP contribution >= 0.6 is 0 Å². The van der Waals surface area contributed by atoms with Crippen molar-refractivity contribution < 1.29 is 9.53 Å². The lowest BCUT2D eigenvalue weighted by molar-refractivity contribution is 0.0601. The first-order valence-electron chi connectivity index (χ1n) is 5.75. The van der Waals surface area contributed by atoms with E-state index in [0.29, 0.717) is 5.56 Å². The number of hydrogen-bond acceptors (Lipinski definition) is 3. The summed E-state index contributed by atoms with van der Waals surface area (Å²) in [4.78, 5) is 16.0. The second-order valence-corrected chi connectivity index (χ2v) is 4.17. The van der Waals surface area contributed by atoms with E-state index in [-0.39, 0.29) is 5.97 Å². The highest BCUT2D eigenvalue weighted by molar-refractivity contribution is 5.90. The third kappa shape index (κ3) is 2.40. The van der Waals surface area contributed by atoms with Gasteiger partial charge in [0.15, 0.2) is 0 Å². The molecule has 0 aliphatic carbocycles. The molecule has 18 heavy (non-hydrogen) atoms. The third-order valence-corrected chi connectivity index (χ3v) is 2.93. The van der Waals surface area contributed by atoms with E-state index in [1.165, 1.54) is 7.11 Å². The number of nitrogens with zero attached hydrogens (tertiary/aromatic N) is 1. The monoisotopic (exact) mass is 241 g/mol. The lowest BCUT2D eigenvalue weighted by atomic mass is 10.1. The fraction of sp³-hybridized carbons (Fsp3) is 0.200. The van der Waals surface area contributed by atoms with Crippen LogP contribution in [0.4, 0.5) is 0 Å². The summed E-state index contributed by atoms with van der Waals surface area (Å²) >= 11 is 0. The molecule has 1 aromatic heterocycles. The van der Waals surface area contributed by atoms with Gasteiger partial charge in [0.2, 0.25) is 0 Å². The van der Waals surface area contributed by atoms with E-state index in [0.717, 1.165) is 22.5 Å². The number of pyridine rings is 1. The van der Waals surface area contributed by atoms with Crippen molar-refractivity contribution >= 4 is 5.97 Å². The van der Waals surface area contributed by atoms with Gasteiger partial charge in [0.25, 0.3) is 0 Å². The summed E-state index contributed by atoms with van der Waals surface area (Å²) in [7, 11) is 1.38. The van der Waals surface area contributed by atoms with Crippen molar-refractivity contribution in [2.75, 3.05) is 7.11 Å². The molecule has 92 valence electrons. The van der Waals surface area contributed by atoms with Crippen LogP contribution in [-0.2, 0) is 4.74 Å². The standard InChI is InChI=1S/C15H15NO2/c1-10-7-8-14(16-11(10)2)12-5-4-6-13(9-12)15(17)18-3/h4-9H,1-3H3. The average molecular weight is 241 g/mol. The molecule has 0 spiro atoms. The van der Waals surface area contributed by atoms with Crippen molar-refractivity contribution in [2.45, 2.75) is 13.8 Å². The average Bonchev–Trinajstić information content (AvgIpc) is 2.41. The van der Waals surface area contributed by atoms with Gasteiger partial charge in [-0.3, -0.25) is 4.98 Å². The number of benzene rings is 1. The van der Waals surface area contributed by atoms with E-state index in [9.17, 15) is 4.79 Å². The molecule has 0 saturated carbocycles. The zero-order chi connectivity index (χ0) is 13.1. The lowest BCUT2D eigenvalue weighted by Gasteiger charge is -2.06. The maximum atomic E-state index is 11.5. The first-order chi connectivity index (χ1) is 8.61. The Labute approximate surface area is 106 Å². The first-order valence-corrected chi connectivity index (χ1v) is 5.75. The molecule has 1 aromatic carbocycles. The molecule has 0 unspecified atom stereocenters. The Morgan fingerprint density at radius 1 is 1.17 bits per heavy atom. The summed E-state index contributed by atoms with van der Waals surface area (Å²) in [6.45, 7) is 4.00. The van der Waals surface area contributed by atoms with Gasteiger partial charge in [-0.1, -0.05) is 18.2 Å². The number of methoxy groups -OCH3 is 1. The van der Waals surface area contributed by atoms with Crippen LogP contribution in [0.2, 0.25) is 0 Å². The second kappa shape index (κ2) is 5.00. The van der Waals surface area contributed by atoms with E-state index in [1.807, 2.05) is 38.1 Å². The van der Waals surface area contributed by atoms with Gasteiger partial charge in [-0.15, -0.1) is 0 Å². The fourth-order valence-corrected chi connectivity index (χ4v) is 1.71. The molecular formula is C15H15NO2. The molecule has 0 aliphatic rings. The molecule has 0 aliphatic heterocycles. The highest BCUT2D eigenvalue weighted by Crippen LogP contribution is 2.20. The van der Waals surface area contributed by atoms with Gasteiger partial charge in [0.1, 0.15) is 0 Å². The third-order valence-electron chi connectivity index (χ3n) is 2.93. The topological polar surface area (TPSA) is 39.2 Å². The van der Waals surface area contributed by atoms with Gasteiger partial charge in [-0.2, -0.15) is 0 Å². The Balaban J connectivity index is 2.44. The van der Waals surface area contributed by atoms with Gasteiger partial charge in [-0.05, 0) is 37.6 Å². The molecule has 2 rings (SSSR count). The van der Waals surface area contributed by atoms with Gasteiger partial charge in [-0.25, -0.2) is 4.79 Å². The van der Waals surface area contributed by atoms with Crippen LogP contribution in [0, 0.1) is 13.8 Å². The van der Waals surface area contributed by atoms with Gasteiger partial charge in [0.05, 0.1) is 18.4 Å². The largest absolute Gasteiger partial charge is 0.465 e. The minimum Gasteiger partial charge on any atom is -0.465 e. The molecule has 0 amide bonds. The summed E-state index contributed by atoms with van der Waals surface area (Å²) in [6, 6.07) is 11.3. The van der Waals surface area contributed by atoms with Gasteiger partial charge in [0, 0.05) is 11.3 Å². The highest BCUT2D eigenvalue weighted by atomic mass is 16.5. The summed E-state index contributed by atoms with van der Waals surface area (Å²) in [5, 5.41) is 0. The van der Waals surface area contributed by atoms with Crippen molar-refractivity contribution in [1.29, 1.82) is 0 Å². The number of ether oxygens (including phenoxy) is 1. The summed E-state index contributed by atoms with van der Waals surface area (Å²) in [5.74, 6) is -0.333. The van der Waals surface area contributed by atoms with Crippen molar-refractivity contribution in [3.05, 3.63) is 53.2 Å². The molecule has 0 bridgehead atoms. The number of rotatable bonds is 2. The quantitative estimate of drug-likeness (QED) is 0.758. The van der Waals surface area contributed by atoms with E-state index in [1.54, 1.807) is 12.1 Å². The molecule has 1 heterocycles. The Morgan fingerprint density at radius 3 is 2.61 bits per heavy atom.